The third-order valence-corrected chi connectivity index (χ3v) is 4.82. The molecule has 0 saturated heterocycles. The molecule has 3 N–H and O–H groups in total. The van der Waals surface area contributed by atoms with Crippen molar-refractivity contribution in [3.8, 4) is 0 Å². The maximum Gasteiger partial charge on any atom is 0.241 e. The van der Waals surface area contributed by atoms with Gasteiger partial charge in [0.25, 0.3) is 0 Å². The van der Waals surface area contributed by atoms with Crippen molar-refractivity contribution in [2.75, 3.05) is 19.6 Å². The van der Waals surface area contributed by atoms with Crippen molar-refractivity contribution in [2.24, 2.45) is 0 Å². The molecule has 1 aromatic carbocycles. The Morgan fingerprint density at radius 2 is 2.00 bits per heavy atom. The number of carbonyl (C=O) groups is 1. The quantitative estimate of drug-likeness (QED) is 0.498. The molecule has 120 valence electrons. The highest BCUT2D eigenvalue weighted by molar-refractivity contribution is 7.89. The van der Waals surface area contributed by atoms with Crippen LogP contribution in [0, 0.1) is 6.92 Å². The predicted molar refractivity (Wildman–Crippen MR) is 84.9 cm³/mol. The maximum absolute atomic E-state index is 12.0. The summed E-state index contributed by atoms with van der Waals surface area (Å²) < 4.78 is 26.6. The van der Waals surface area contributed by atoms with E-state index in [0.29, 0.717) is 19.5 Å². The summed E-state index contributed by atoms with van der Waals surface area (Å²) in [6.45, 7) is 3.32. The van der Waals surface area contributed by atoms with Gasteiger partial charge in [0.2, 0.25) is 15.9 Å². The minimum atomic E-state index is -3.48. The summed E-state index contributed by atoms with van der Waals surface area (Å²) in [6.07, 6.45) is 4.25. The average Bonchev–Trinajstić information content (AvgIpc) is 3.01. The van der Waals surface area contributed by atoms with E-state index in [9.17, 15) is 13.2 Å². The van der Waals surface area contributed by atoms with Crippen LogP contribution in [0.1, 0.15) is 12.0 Å². The van der Waals surface area contributed by atoms with Crippen molar-refractivity contribution in [2.45, 2.75) is 24.3 Å². The van der Waals surface area contributed by atoms with E-state index in [4.69, 9.17) is 0 Å². The van der Waals surface area contributed by atoms with Gasteiger partial charge in [-0.2, -0.15) is 0 Å². The van der Waals surface area contributed by atoms with E-state index in [2.05, 4.69) is 15.4 Å². The van der Waals surface area contributed by atoms with Crippen LogP contribution in [0.25, 0.3) is 0 Å². The minimum Gasteiger partial charge on any atom is -0.354 e. The van der Waals surface area contributed by atoms with E-state index in [-0.39, 0.29) is 23.4 Å². The monoisotopic (exact) mass is 323 g/mol. The van der Waals surface area contributed by atoms with Gasteiger partial charge in [0, 0.05) is 19.6 Å². The molecule has 0 bridgehead atoms. The SMILES string of the molecule is Cc1ccc(S(=O)(=O)NCCCNC(=O)C2C=CCN2)cc1. The Balaban J connectivity index is 1.70. The van der Waals surface area contributed by atoms with Crippen molar-refractivity contribution in [1.29, 1.82) is 0 Å². The second-order valence-corrected chi connectivity index (χ2v) is 6.94. The van der Waals surface area contributed by atoms with Gasteiger partial charge in [0.15, 0.2) is 0 Å². The molecule has 0 radical (unpaired) electrons. The molecule has 1 aliphatic heterocycles. The number of nitrogens with one attached hydrogen (secondary N) is 3. The third-order valence-electron chi connectivity index (χ3n) is 3.34. The Labute approximate surface area is 131 Å². The summed E-state index contributed by atoms with van der Waals surface area (Å²) in [6, 6.07) is 6.41. The first-order valence-electron chi connectivity index (χ1n) is 7.23. The summed E-state index contributed by atoms with van der Waals surface area (Å²) >= 11 is 0. The topological polar surface area (TPSA) is 87.3 Å². The van der Waals surface area contributed by atoms with Crippen molar-refractivity contribution < 1.29 is 13.2 Å². The molecule has 2 rings (SSSR count). The first-order valence-corrected chi connectivity index (χ1v) is 8.71. The van der Waals surface area contributed by atoms with Crippen LogP contribution in [0.5, 0.6) is 0 Å². The van der Waals surface area contributed by atoms with E-state index < -0.39 is 10.0 Å². The Bertz CT molecular complexity index is 639. The third kappa shape index (κ3) is 4.66. The van der Waals surface area contributed by atoms with E-state index in [1.54, 1.807) is 24.3 Å². The summed E-state index contributed by atoms with van der Waals surface area (Å²) in [5.41, 5.74) is 1.01. The van der Waals surface area contributed by atoms with Crippen LogP contribution in [-0.4, -0.2) is 40.0 Å². The Hall–Kier alpha value is -1.70. The van der Waals surface area contributed by atoms with E-state index in [1.807, 2.05) is 19.1 Å². The highest BCUT2D eigenvalue weighted by atomic mass is 32.2. The fourth-order valence-corrected chi connectivity index (χ4v) is 3.14. The van der Waals surface area contributed by atoms with Crippen molar-refractivity contribution in [1.82, 2.24) is 15.4 Å². The number of sulfonamides is 1. The molecular weight excluding hydrogens is 302 g/mol. The fourth-order valence-electron chi connectivity index (χ4n) is 2.06. The molecule has 1 amide bonds. The van der Waals surface area contributed by atoms with Crippen LogP contribution >= 0.6 is 0 Å². The zero-order chi connectivity index (χ0) is 16.0. The molecule has 0 spiro atoms. The van der Waals surface area contributed by atoms with Gasteiger partial charge in [-0.3, -0.25) is 10.1 Å². The Kier molecular flexibility index (Phi) is 5.70. The molecule has 0 aliphatic carbocycles. The van der Waals surface area contributed by atoms with Gasteiger partial charge in [0.1, 0.15) is 6.04 Å². The second-order valence-electron chi connectivity index (χ2n) is 5.17. The molecular formula is C15H21N3O3S. The van der Waals surface area contributed by atoms with Crippen LogP contribution in [0.2, 0.25) is 0 Å². The molecule has 1 aromatic rings. The van der Waals surface area contributed by atoms with E-state index >= 15 is 0 Å². The van der Waals surface area contributed by atoms with Gasteiger partial charge in [-0.15, -0.1) is 0 Å². The van der Waals surface area contributed by atoms with Gasteiger partial charge >= 0.3 is 0 Å². The minimum absolute atomic E-state index is 0.0878. The first-order chi connectivity index (χ1) is 10.5. The number of hydrogen-bond acceptors (Lipinski definition) is 4. The van der Waals surface area contributed by atoms with E-state index in [1.165, 1.54) is 0 Å². The van der Waals surface area contributed by atoms with E-state index in [0.717, 1.165) is 5.56 Å². The standard InChI is InChI=1S/C15H21N3O3S/c1-12-5-7-13(8-6-12)22(20,21)18-11-3-10-17-15(19)14-4-2-9-16-14/h2,4-8,14,16,18H,3,9-11H2,1H3,(H,17,19). The number of aryl methyl sites for hydroxylation is 1. The molecule has 0 aromatic heterocycles. The van der Waals surface area contributed by atoms with Crippen LogP contribution < -0.4 is 15.4 Å². The molecule has 0 saturated carbocycles. The highest BCUT2D eigenvalue weighted by Crippen LogP contribution is 2.09. The Morgan fingerprint density at radius 1 is 1.27 bits per heavy atom. The average molecular weight is 323 g/mol. The normalized spacial score (nSPS) is 17.6. The van der Waals surface area contributed by atoms with Crippen LogP contribution in [0.4, 0.5) is 0 Å². The molecule has 6 nitrogen and oxygen atoms in total. The van der Waals surface area contributed by atoms with Crippen LogP contribution in [0.3, 0.4) is 0 Å². The van der Waals surface area contributed by atoms with Gasteiger partial charge in [-0.1, -0.05) is 29.8 Å². The molecule has 7 heteroatoms. The van der Waals surface area contributed by atoms with Crippen molar-refractivity contribution >= 4 is 15.9 Å². The molecule has 1 aliphatic rings. The zero-order valence-corrected chi connectivity index (χ0v) is 13.3. The lowest BCUT2D eigenvalue weighted by atomic mass is 10.2. The smallest absolute Gasteiger partial charge is 0.241 e. The zero-order valence-electron chi connectivity index (χ0n) is 12.5. The summed E-state index contributed by atoms with van der Waals surface area (Å²) in [7, 11) is -3.48. The van der Waals surface area contributed by atoms with Gasteiger partial charge in [-0.05, 0) is 25.5 Å². The molecule has 22 heavy (non-hydrogen) atoms. The number of amides is 1. The number of hydrogen-bond donors (Lipinski definition) is 3. The first kappa shape index (κ1) is 16.7. The fraction of sp³-hybridized carbons (Fsp3) is 0.400. The van der Waals surface area contributed by atoms with Gasteiger partial charge in [-0.25, -0.2) is 13.1 Å². The predicted octanol–water partition coefficient (Wildman–Crippen LogP) is 0.308. The number of rotatable bonds is 7. The van der Waals surface area contributed by atoms with Crippen molar-refractivity contribution in [3.63, 3.8) is 0 Å². The molecule has 1 heterocycles. The largest absolute Gasteiger partial charge is 0.354 e. The lowest BCUT2D eigenvalue weighted by molar-refractivity contribution is -0.121. The summed E-state index contributed by atoms with van der Waals surface area (Å²) in [5, 5.41) is 5.78. The second kappa shape index (κ2) is 7.53. The summed E-state index contributed by atoms with van der Waals surface area (Å²) in [4.78, 5) is 11.9. The molecule has 1 unspecified atom stereocenters. The Morgan fingerprint density at radius 3 is 2.64 bits per heavy atom. The lowest BCUT2D eigenvalue weighted by Crippen LogP contribution is -2.41. The van der Waals surface area contributed by atoms with Gasteiger partial charge in [0.05, 0.1) is 4.90 Å². The number of carbonyl (C=O) groups excluding carboxylic acids is 1. The maximum atomic E-state index is 12.0. The van der Waals surface area contributed by atoms with Crippen LogP contribution in [-0.2, 0) is 14.8 Å². The summed E-state index contributed by atoms with van der Waals surface area (Å²) in [5.74, 6) is -0.0878. The van der Waals surface area contributed by atoms with Crippen molar-refractivity contribution in [3.05, 3.63) is 42.0 Å². The van der Waals surface area contributed by atoms with Crippen LogP contribution in [0.15, 0.2) is 41.3 Å². The number of benzene rings is 1. The lowest BCUT2D eigenvalue weighted by Gasteiger charge is -2.11. The molecule has 0 fully saturated rings. The molecule has 1 atom stereocenters. The highest BCUT2D eigenvalue weighted by Gasteiger charge is 2.16. The van der Waals surface area contributed by atoms with Gasteiger partial charge < -0.3 is 5.32 Å².